The van der Waals surface area contributed by atoms with Gasteiger partial charge in [-0.1, -0.05) is 0 Å². The van der Waals surface area contributed by atoms with Crippen LogP contribution >= 0.6 is 0 Å². The highest BCUT2D eigenvalue weighted by atomic mass is 16.8. The SMILES string of the molecule is COC(=O)C1=COC(OC2OC(CO)C(O)C(O)C2O)C2C(C)(O)CC(O)C12O. The average Bonchev–Trinajstić information content (AvgIpc) is 2.86. The van der Waals surface area contributed by atoms with Crippen LogP contribution < -0.4 is 0 Å². The number of hydrogen-bond acceptors (Lipinski definition) is 12. The van der Waals surface area contributed by atoms with E-state index in [0.29, 0.717) is 0 Å². The van der Waals surface area contributed by atoms with E-state index in [9.17, 15) is 40.5 Å². The van der Waals surface area contributed by atoms with Crippen molar-refractivity contribution in [3.05, 3.63) is 11.8 Å². The monoisotopic (exact) mass is 422 g/mol. The van der Waals surface area contributed by atoms with Crippen LogP contribution in [0.5, 0.6) is 0 Å². The summed E-state index contributed by atoms with van der Waals surface area (Å²) in [7, 11) is 1.07. The number of aliphatic hydroxyl groups is 7. The standard InChI is InChI=1S/C17H26O12/c1-16(24)3-8(19)17(25)6(13(23)26-2)5-27-15(12(16)17)29-14-11(22)10(21)9(20)7(4-18)28-14/h5,7-12,14-15,18-22,24-25H,3-4H2,1-2H3. The molecule has 0 aromatic rings. The number of hydrogen-bond donors (Lipinski definition) is 7. The Hall–Kier alpha value is -1.35. The van der Waals surface area contributed by atoms with Gasteiger partial charge in [0, 0.05) is 6.42 Å². The largest absolute Gasteiger partial charge is 0.471 e. The molecule has 3 aliphatic rings. The van der Waals surface area contributed by atoms with Crippen molar-refractivity contribution in [2.75, 3.05) is 13.7 Å². The highest BCUT2D eigenvalue weighted by molar-refractivity contribution is 5.91. The minimum Gasteiger partial charge on any atom is -0.471 e. The number of aliphatic hydroxyl groups excluding tert-OH is 5. The maximum Gasteiger partial charge on any atom is 0.339 e. The zero-order valence-corrected chi connectivity index (χ0v) is 15.8. The van der Waals surface area contributed by atoms with Crippen LogP contribution in [0.1, 0.15) is 13.3 Å². The quantitative estimate of drug-likeness (QED) is 0.218. The molecule has 29 heavy (non-hydrogen) atoms. The van der Waals surface area contributed by atoms with Gasteiger partial charge in [0.25, 0.3) is 0 Å². The van der Waals surface area contributed by atoms with Gasteiger partial charge in [-0.3, -0.25) is 0 Å². The van der Waals surface area contributed by atoms with Crippen LogP contribution in [0.25, 0.3) is 0 Å². The van der Waals surface area contributed by atoms with Crippen molar-refractivity contribution >= 4 is 5.97 Å². The Balaban J connectivity index is 1.92. The van der Waals surface area contributed by atoms with Gasteiger partial charge in [-0.2, -0.15) is 0 Å². The van der Waals surface area contributed by atoms with Crippen LogP contribution in [-0.4, -0.2) is 110 Å². The zero-order chi connectivity index (χ0) is 21.7. The summed E-state index contributed by atoms with van der Waals surface area (Å²) < 4.78 is 20.7. The summed E-state index contributed by atoms with van der Waals surface area (Å²) in [6.45, 7) is 0.610. The van der Waals surface area contributed by atoms with Crippen LogP contribution in [0.3, 0.4) is 0 Å². The maximum atomic E-state index is 12.1. The second-order valence-corrected chi connectivity index (χ2v) is 7.74. The molecule has 0 aromatic heterocycles. The van der Waals surface area contributed by atoms with Gasteiger partial charge >= 0.3 is 5.97 Å². The van der Waals surface area contributed by atoms with E-state index in [2.05, 4.69) is 4.74 Å². The van der Waals surface area contributed by atoms with Crippen LogP contribution in [-0.2, 0) is 23.7 Å². The van der Waals surface area contributed by atoms with Gasteiger partial charge in [0.05, 0.1) is 31.3 Å². The van der Waals surface area contributed by atoms with Crippen molar-refractivity contribution in [1.82, 2.24) is 0 Å². The molecule has 7 N–H and O–H groups in total. The fraction of sp³-hybridized carbons (Fsp3) is 0.824. The molecule has 3 rings (SSSR count). The van der Waals surface area contributed by atoms with E-state index in [4.69, 9.17) is 14.2 Å². The molecule has 0 bridgehead atoms. The zero-order valence-electron chi connectivity index (χ0n) is 15.8. The summed E-state index contributed by atoms with van der Waals surface area (Å²) in [5, 5.41) is 71.5. The highest BCUT2D eigenvalue weighted by Gasteiger charge is 2.68. The molecule has 0 aromatic carbocycles. The molecule has 2 heterocycles. The van der Waals surface area contributed by atoms with Gasteiger partial charge in [0.2, 0.25) is 6.29 Å². The lowest BCUT2D eigenvalue weighted by Crippen LogP contribution is -2.63. The first kappa shape index (κ1) is 22.3. The fourth-order valence-electron chi connectivity index (χ4n) is 4.26. The van der Waals surface area contributed by atoms with Gasteiger partial charge in [-0.25, -0.2) is 4.79 Å². The first-order valence-corrected chi connectivity index (χ1v) is 9.02. The predicted octanol–water partition coefficient (Wildman–Crippen LogP) is -3.92. The normalized spacial score (nSPS) is 49.8. The smallest absolute Gasteiger partial charge is 0.339 e. The van der Waals surface area contributed by atoms with Crippen LogP contribution in [0.2, 0.25) is 0 Å². The van der Waals surface area contributed by atoms with Crippen molar-refractivity contribution in [3.8, 4) is 0 Å². The maximum absolute atomic E-state index is 12.1. The van der Waals surface area contributed by atoms with Gasteiger partial charge < -0.3 is 54.7 Å². The molecule has 0 spiro atoms. The molecule has 0 radical (unpaired) electrons. The minimum absolute atomic E-state index is 0.333. The summed E-state index contributed by atoms with van der Waals surface area (Å²) in [5.41, 5.74) is -4.50. The Morgan fingerprint density at radius 1 is 1.17 bits per heavy atom. The number of ether oxygens (including phenoxy) is 4. The minimum atomic E-state index is -2.30. The first-order chi connectivity index (χ1) is 13.5. The van der Waals surface area contributed by atoms with Crippen molar-refractivity contribution in [3.63, 3.8) is 0 Å². The van der Waals surface area contributed by atoms with E-state index in [0.717, 1.165) is 13.4 Å². The summed E-state index contributed by atoms with van der Waals surface area (Å²) in [5.74, 6) is -2.41. The predicted molar refractivity (Wildman–Crippen MR) is 89.5 cm³/mol. The molecule has 0 amide bonds. The number of methoxy groups -OCH3 is 1. The van der Waals surface area contributed by atoms with Gasteiger partial charge in [0.1, 0.15) is 41.9 Å². The van der Waals surface area contributed by atoms with E-state index in [1.807, 2.05) is 0 Å². The number of esters is 1. The molecular weight excluding hydrogens is 396 g/mol. The summed E-state index contributed by atoms with van der Waals surface area (Å²) >= 11 is 0. The topological polar surface area (TPSA) is 196 Å². The second-order valence-electron chi connectivity index (χ2n) is 7.74. The molecular formula is C17H26O12. The number of fused-ring (bicyclic) bond motifs is 1. The Bertz CT molecular complexity index is 663. The number of carbonyl (C=O) groups is 1. The second kappa shape index (κ2) is 7.72. The molecule has 10 atom stereocenters. The lowest BCUT2D eigenvalue weighted by atomic mass is 9.76. The van der Waals surface area contributed by atoms with Crippen LogP contribution in [0.15, 0.2) is 11.8 Å². The van der Waals surface area contributed by atoms with Crippen molar-refractivity contribution in [2.45, 2.75) is 67.6 Å². The molecule has 2 fully saturated rings. The van der Waals surface area contributed by atoms with Crippen molar-refractivity contribution in [2.24, 2.45) is 5.92 Å². The highest BCUT2D eigenvalue weighted by Crippen LogP contribution is 2.52. The van der Waals surface area contributed by atoms with Crippen molar-refractivity contribution < 1.29 is 59.5 Å². The number of rotatable bonds is 4. The molecule has 166 valence electrons. The Kier molecular flexibility index (Phi) is 5.95. The molecule has 1 saturated carbocycles. The Labute approximate surface area is 165 Å². The third-order valence-corrected chi connectivity index (χ3v) is 5.80. The lowest BCUT2D eigenvalue weighted by molar-refractivity contribution is -0.352. The van der Waals surface area contributed by atoms with E-state index < -0.39 is 78.4 Å². The lowest BCUT2D eigenvalue weighted by Gasteiger charge is -2.46. The summed E-state index contributed by atoms with van der Waals surface area (Å²) in [4.78, 5) is 12.1. The molecule has 2 aliphatic heterocycles. The Morgan fingerprint density at radius 3 is 2.41 bits per heavy atom. The molecule has 1 aliphatic carbocycles. The van der Waals surface area contributed by atoms with E-state index >= 15 is 0 Å². The third-order valence-electron chi connectivity index (χ3n) is 5.80. The number of carbonyl (C=O) groups excluding carboxylic acids is 1. The van der Waals surface area contributed by atoms with Crippen LogP contribution in [0.4, 0.5) is 0 Å². The molecule has 12 nitrogen and oxygen atoms in total. The molecule has 10 unspecified atom stereocenters. The van der Waals surface area contributed by atoms with Crippen LogP contribution in [0, 0.1) is 5.92 Å². The van der Waals surface area contributed by atoms with Gasteiger partial charge in [-0.15, -0.1) is 0 Å². The summed E-state index contributed by atoms with van der Waals surface area (Å²) in [6, 6.07) is 0. The van der Waals surface area contributed by atoms with Crippen molar-refractivity contribution in [1.29, 1.82) is 0 Å². The molecule has 12 heteroatoms. The fourth-order valence-corrected chi connectivity index (χ4v) is 4.26. The van der Waals surface area contributed by atoms with Gasteiger partial charge in [0.15, 0.2) is 6.29 Å². The Morgan fingerprint density at radius 2 is 1.83 bits per heavy atom. The van der Waals surface area contributed by atoms with E-state index in [1.54, 1.807) is 0 Å². The first-order valence-electron chi connectivity index (χ1n) is 9.02. The van der Waals surface area contributed by atoms with E-state index in [-0.39, 0.29) is 6.42 Å². The van der Waals surface area contributed by atoms with Gasteiger partial charge in [-0.05, 0) is 6.92 Å². The molecule has 1 saturated heterocycles. The summed E-state index contributed by atoms with van der Waals surface area (Å²) in [6.07, 6.45) is -10.6. The average molecular weight is 422 g/mol. The third kappa shape index (κ3) is 3.44. The van der Waals surface area contributed by atoms with E-state index in [1.165, 1.54) is 6.92 Å².